The number of halogens is 1. The second kappa shape index (κ2) is 10.8. The van der Waals surface area contributed by atoms with Crippen LogP contribution >= 0.6 is 15.3 Å². The molecule has 0 fully saturated rings. The molecule has 0 amide bonds. The number of rotatable bonds is 11. The van der Waals surface area contributed by atoms with Crippen LogP contribution in [0.5, 0.6) is 0 Å². The van der Waals surface area contributed by atoms with Crippen LogP contribution in [-0.4, -0.2) is 6.69 Å². The molecule has 0 saturated carbocycles. The van der Waals surface area contributed by atoms with E-state index >= 15 is 0 Å². The lowest BCUT2D eigenvalue weighted by atomic mass is 10.1. The van der Waals surface area contributed by atoms with Crippen LogP contribution in [0.25, 0.3) is 0 Å². The van der Waals surface area contributed by atoms with Crippen molar-refractivity contribution >= 4 is 22.0 Å². The topological polar surface area (TPSA) is 0 Å². The molecule has 0 aromatic carbocycles. The van der Waals surface area contributed by atoms with Gasteiger partial charge in [-0.25, -0.2) is 0 Å². The van der Waals surface area contributed by atoms with Gasteiger partial charge in [0.2, 0.25) is 0 Å². The zero-order valence-electron chi connectivity index (χ0n) is 11.7. The maximum Gasteiger partial charge on any atom is 0.124 e. The first-order valence-corrected chi connectivity index (χ1v) is 12.7. The molecule has 0 rings (SSSR count). The molecule has 98 valence electrons. The predicted molar refractivity (Wildman–Crippen MR) is 83.1 cm³/mol. The summed E-state index contributed by atoms with van der Waals surface area (Å²) in [6.45, 7) is 6.16. The van der Waals surface area contributed by atoms with Crippen molar-refractivity contribution in [2.75, 3.05) is 0 Å². The van der Waals surface area contributed by atoms with Gasteiger partial charge in [0.25, 0.3) is 0 Å². The van der Waals surface area contributed by atoms with Gasteiger partial charge in [0, 0.05) is 0 Å². The fourth-order valence-electron chi connectivity index (χ4n) is 2.03. The monoisotopic (exact) mass is 306 g/mol. The van der Waals surface area contributed by atoms with Gasteiger partial charge in [-0.15, -0.1) is 15.3 Å². The molecular weight excluding hydrogens is 276 g/mol. The van der Waals surface area contributed by atoms with Gasteiger partial charge in [-0.3, -0.25) is 0 Å². The fourth-order valence-corrected chi connectivity index (χ4v) is 3.96. The van der Waals surface area contributed by atoms with Crippen LogP contribution in [-0.2, 0) is 0 Å². The Morgan fingerprint density at radius 1 is 0.688 bits per heavy atom. The maximum atomic E-state index is 3.84. The Morgan fingerprint density at radius 3 is 1.44 bits per heavy atom. The summed E-state index contributed by atoms with van der Waals surface area (Å²) in [4.78, 5) is 0. The summed E-state index contributed by atoms with van der Waals surface area (Å²) in [5.74, 6) is 0. The molecule has 0 unspecified atom stereocenters. The van der Waals surface area contributed by atoms with Crippen molar-refractivity contribution in [2.24, 2.45) is 0 Å². The summed E-state index contributed by atoms with van der Waals surface area (Å²) in [5.41, 5.74) is 0. The Hall–Kier alpha value is 0.697. The molecule has 0 nitrogen and oxygen atoms in total. The summed E-state index contributed by atoms with van der Waals surface area (Å²) < 4.78 is 0. The first-order chi connectivity index (χ1) is 7.56. The van der Waals surface area contributed by atoms with Crippen molar-refractivity contribution in [3.05, 3.63) is 0 Å². The highest BCUT2D eigenvalue weighted by Crippen LogP contribution is 2.21. The van der Waals surface area contributed by atoms with E-state index in [2.05, 4.69) is 35.3 Å². The molecule has 2 heteroatoms. The zero-order valence-corrected chi connectivity index (χ0v) is 14.2. The zero-order chi connectivity index (χ0) is 12.3. The Morgan fingerprint density at radius 2 is 1.06 bits per heavy atom. The van der Waals surface area contributed by atoms with Crippen LogP contribution in [0, 0.1) is 0 Å². The van der Waals surface area contributed by atoms with Crippen molar-refractivity contribution in [3.8, 4) is 0 Å². The minimum Gasteiger partial charge on any atom is -0.127 e. The van der Waals surface area contributed by atoms with Crippen molar-refractivity contribution in [1.82, 2.24) is 0 Å². The van der Waals surface area contributed by atoms with E-state index in [1.165, 1.54) is 70.3 Å². The van der Waals surface area contributed by atoms with Crippen LogP contribution in [0.1, 0.15) is 71.1 Å². The number of hydrogen-bond donors (Lipinski definition) is 0. The van der Waals surface area contributed by atoms with Gasteiger partial charge >= 0.3 is 0 Å². The molecule has 0 heterocycles. The normalized spacial score (nSPS) is 12.0. The molecule has 0 spiro atoms. The standard InChI is InChI=1S/C14H31BrSi/c1-4-5-6-7-8-9-10-11-12-13-14-16(2,3)15/h4-14H2,1-3H3. The third kappa shape index (κ3) is 14.7. The molecule has 0 aliphatic heterocycles. The van der Waals surface area contributed by atoms with Crippen molar-refractivity contribution in [2.45, 2.75) is 90.3 Å². The van der Waals surface area contributed by atoms with Gasteiger partial charge in [-0.1, -0.05) is 84.2 Å². The van der Waals surface area contributed by atoms with Crippen LogP contribution in [0.4, 0.5) is 0 Å². The molecule has 0 aromatic rings. The quantitative estimate of drug-likeness (QED) is 0.232. The van der Waals surface area contributed by atoms with Crippen LogP contribution in [0.2, 0.25) is 19.1 Å². The molecule has 0 radical (unpaired) electrons. The largest absolute Gasteiger partial charge is 0.127 e. The minimum atomic E-state index is -0.935. The second-order valence-electron chi connectivity index (χ2n) is 5.65. The van der Waals surface area contributed by atoms with Crippen molar-refractivity contribution in [3.63, 3.8) is 0 Å². The average Bonchev–Trinajstić information content (AvgIpc) is 2.19. The summed E-state index contributed by atoms with van der Waals surface area (Å²) in [6, 6.07) is 1.45. The Bertz CT molecular complexity index is 140. The highest BCUT2D eigenvalue weighted by Gasteiger charge is 2.14. The van der Waals surface area contributed by atoms with Crippen molar-refractivity contribution < 1.29 is 0 Å². The minimum absolute atomic E-state index is 0.935. The van der Waals surface area contributed by atoms with Crippen LogP contribution in [0.15, 0.2) is 0 Å². The van der Waals surface area contributed by atoms with Crippen molar-refractivity contribution in [1.29, 1.82) is 0 Å². The summed E-state index contributed by atoms with van der Waals surface area (Å²) in [5, 5.41) is 0. The summed E-state index contributed by atoms with van der Waals surface area (Å²) in [6.07, 6.45) is 14.5. The van der Waals surface area contributed by atoms with E-state index in [0.29, 0.717) is 0 Å². The van der Waals surface area contributed by atoms with Crippen LogP contribution in [0.3, 0.4) is 0 Å². The van der Waals surface area contributed by atoms with Gasteiger partial charge in [0.05, 0.1) is 0 Å². The van der Waals surface area contributed by atoms with Gasteiger partial charge in [0.15, 0.2) is 0 Å². The molecule has 0 N–H and O–H groups in total. The molecule has 0 saturated heterocycles. The first kappa shape index (κ1) is 16.7. The summed E-state index contributed by atoms with van der Waals surface area (Å²) in [7, 11) is 0. The second-order valence-corrected chi connectivity index (χ2v) is 16.0. The van der Waals surface area contributed by atoms with E-state index in [1.54, 1.807) is 0 Å². The maximum absolute atomic E-state index is 3.84. The molecule has 0 aliphatic rings. The lowest BCUT2D eigenvalue weighted by Crippen LogP contribution is -2.13. The molecule has 0 atom stereocenters. The third-order valence-corrected chi connectivity index (χ3v) is 5.86. The van der Waals surface area contributed by atoms with E-state index in [-0.39, 0.29) is 0 Å². The Kier molecular flexibility index (Phi) is 11.3. The van der Waals surface area contributed by atoms with E-state index in [9.17, 15) is 0 Å². The predicted octanol–water partition coefficient (Wildman–Crippen LogP) is 6.51. The van der Waals surface area contributed by atoms with E-state index < -0.39 is 6.69 Å². The molecule has 0 aliphatic carbocycles. The smallest absolute Gasteiger partial charge is 0.124 e. The Labute approximate surface area is 112 Å². The van der Waals surface area contributed by atoms with Gasteiger partial charge in [0.1, 0.15) is 6.69 Å². The Balaban J connectivity index is 2.99. The number of hydrogen-bond acceptors (Lipinski definition) is 0. The summed E-state index contributed by atoms with van der Waals surface area (Å²) >= 11 is 3.84. The lowest BCUT2D eigenvalue weighted by molar-refractivity contribution is 0.562. The van der Waals surface area contributed by atoms with Gasteiger partial charge in [-0.2, -0.15) is 0 Å². The van der Waals surface area contributed by atoms with Gasteiger partial charge < -0.3 is 0 Å². The molecule has 0 bridgehead atoms. The van der Waals surface area contributed by atoms with E-state index in [0.717, 1.165) is 0 Å². The molecule has 16 heavy (non-hydrogen) atoms. The highest BCUT2D eigenvalue weighted by molar-refractivity contribution is 9.26. The molecular formula is C14H31BrSi. The van der Waals surface area contributed by atoms with Gasteiger partial charge in [-0.05, 0) is 6.04 Å². The first-order valence-electron chi connectivity index (χ1n) is 7.25. The van der Waals surface area contributed by atoms with E-state index in [1.807, 2.05) is 0 Å². The molecule has 0 aromatic heterocycles. The van der Waals surface area contributed by atoms with E-state index in [4.69, 9.17) is 0 Å². The van der Waals surface area contributed by atoms with Crippen LogP contribution < -0.4 is 0 Å². The highest BCUT2D eigenvalue weighted by atomic mass is 79.9. The SMILES string of the molecule is CCCCCCCCCCCC[Si](C)(C)Br. The lowest BCUT2D eigenvalue weighted by Gasteiger charge is -2.12. The number of unbranched alkanes of at least 4 members (excludes halogenated alkanes) is 9. The fraction of sp³-hybridized carbons (Fsp3) is 1.00. The average molecular weight is 307 g/mol. The third-order valence-electron chi connectivity index (χ3n) is 3.12.